The van der Waals surface area contributed by atoms with Gasteiger partial charge in [-0.15, -0.1) is 0 Å². The minimum absolute atomic E-state index is 0.0822. The number of nitrogens with one attached hydrogen (secondary N) is 1. The third kappa shape index (κ3) is 3.91. The first-order valence-corrected chi connectivity index (χ1v) is 7.95. The molecule has 0 aliphatic carbocycles. The zero-order valence-electron chi connectivity index (χ0n) is 10.7. The summed E-state index contributed by atoms with van der Waals surface area (Å²) < 4.78 is 25.1. The summed E-state index contributed by atoms with van der Waals surface area (Å²) in [4.78, 5) is 6.27. The number of nitriles is 1. The average Bonchev–Trinajstić information content (AvgIpc) is 2.37. The smallest absolute Gasteiger partial charge is 0.209 e. The molecule has 2 heterocycles. The van der Waals surface area contributed by atoms with E-state index in [0.717, 1.165) is 25.2 Å². The molecule has 102 valence electrons. The van der Waals surface area contributed by atoms with Crippen molar-refractivity contribution < 1.29 is 8.42 Å². The molecule has 19 heavy (non-hydrogen) atoms. The molecule has 1 unspecified atom stereocenters. The van der Waals surface area contributed by atoms with Crippen LogP contribution in [0.4, 0.5) is 5.82 Å². The summed E-state index contributed by atoms with van der Waals surface area (Å²) in [6.07, 6.45) is 4.45. The Morgan fingerprint density at radius 1 is 1.53 bits per heavy atom. The Morgan fingerprint density at radius 3 is 2.89 bits per heavy atom. The number of hydrogen-bond acceptors (Lipinski definition) is 5. The standard InChI is InChI=1S/C12H16N4O2S/c1-19(17,18)15-11-3-2-6-16(9-11)12-5-4-10(7-13)8-14-12/h4-5,8,11,15H,2-3,6,9H2,1H3. The summed E-state index contributed by atoms with van der Waals surface area (Å²) in [5.74, 6) is 0.777. The lowest BCUT2D eigenvalue weighted by molar-refractivity contribution is 0.465. The van der Waals surface area contributed by atoms with E-state index in [1.807, 2.05) is 11.0 Å². The van der Waals surface area contributed by atoms with Gasteiger partial charge in [0, 0.05) is 25.3 Å². The van der Waals surface area contributed by atoms with Crippen molar-refractivity contribution in [3.63, 3.8) is 0 Å². The van der Waals surface area contributed by atoms with Gasteiger partial charge in [0.05, 0.1) is 11.8 Å². The van der Waals surface area contributed by atoms with E-state index < -0.39 is 10.0 Å². The Balaban J connectivity index is 2.06. The summed E-state index contributed by atoms with van der Waals surface area (Å²) in [7, 11) is -3.18. The van der Waals surface area contributed by atoms with Gasteiger partial charge in [-0.3, -0.25) is 0 Å². The Morgan fingerprint density at radius 2 is 2.32 bits per heavy atom. The Hall–Kier alpha value is -1.65. The zero-order valence-corrected chi connectivity index (χ0v) is 11.5. The Labute approximate surface area is 113 Å². The van der Waals surface area contributed by atoms with Gasteiger partial charge in [0.2, 0.25) is 10.0 Å². The van der Waals surface area contributed by atoms with Crippen LogP contribution in [0.3, 0.4) is 0 Å². The van der Waals surface area contributed by atoms with Crippen LogP contribution in [-0.2, 0) is 10.0 Å². The molecule has 0 bridgehead atoms. The molecule has 0 radical (unpaired) electrons. The third-order valence-corrected chi connectivity index (χ3v) is 3.76. The van der Waals surface area contributed by atoms with E-state index in [9.17, 15) is 8.42 Å². The van der Waals surface area contributed by atoms with Crippen LogP contribution < -0.4 is 9.62 Å². The van der Waals surface area contributed by atoms with Gasteiger partial charge < -0.3 is 4.90 Å². The number of rotatable bonds is 3. The number of hydrogen-bond donors (Lipinski definition) is 1. The van der Waals surface area contributed by atoms with Crippen LogP contribution in [0.2, 0.25) is 0 Å². The van der Waals surface area contributed by atoms with Gasteiger partial charge in [-0.25, -0.2) is 18.1 Å². The first kappa shape index (κ1) is 13.8. The fraction of sp³-hybridized carbons (Fsp3) is 0.500. The number of sulfonamides is 1. The average molecular weight is 280 g/mol. The number of aromatic nitrogens is 1. The van der Waals surface area contributed by atoms with Gasteiger partial charge in [-0.1, -0.05) is 0 Å². The quantitative estimate of drug-likeness (QED) is 0.870. The SMILES string of the molecule is CS(=O)(=O)NC1CCCN(c2ccc(C#N)cn2)C1. The predicted molar refractivity (Wildman–Crippen MR) is 72.2 cm³/mol. The van der Waals surface area contributed by atoms with Crippen molar-refractivity contribution in [1.82, 2.24) is 9.71 Å². The van der Waals surface area contributed by atoms with Crippen LogP contribution >= 0.6 is 0 Å². The van der Waals surface area contributed by atoms with Crippen molar-refractivity contribution in [2.24, 2.45) is 0 Å². The van der Waals surface area contributed by atoms with Gasteiger partial charge in [-0.05, 0) is 25.0 Å². The summed E-state index contributed by atoms with van der Waals surface area (Å²) in [6, 6.07) is 5.45. The number of pyridine rings is 1. The molecule has 1 saturated heterocycles. The van der Waals surface area contributed by atoms with Gasteiger partial charge in [-0.2, -0.15) is 5.26 Å². The van der Waals surface area contributed by atoms with Crippen LogP contribution in [0.15, 0.2) is 18.3 Å². The molecule has 2 rings (SSSR count). The predicted octanol–water partition coefficient (Wildman–Crippen LogP) is 0.471. The molecular formula is C12H16N4O2S. The highest BCUT2D eigenvalue weighted by atomic mass is 32.2. The van der Waals surface area contributed by atoms with Crippen LogP contribution in [-0.4, -0.2) is 38.8 Å². The summed E-state index contributed by atoms with van der Waals surface area (Å²) in [6.45, 7) is 1.45. The lowest BCUT2D eigenvalue weighted by atomic mass is 10.1. The summed E-state index contributed by atoms with van der Waals surface area (Å²) in [5, 5.41) is 8.73. The van der Waals surface area contributed by atoms with Crippen molar-refractivity contribution in [2.75, 3.05) is 24.2 Å². The largest absolute Gasteiger partial charge is 0.355 e. The molecule has 1 aromatic heterocycles. The van der Waals surface area contributed by atoms with E-state index in [2.05, 4.69) is 9.71 Å². The fourth-order valence-corrected chi connectivity index (χ4v) is 3.02. The van der Waals surface area contributed by atoms with E-state index in [1.54, 1.807) is 12.1 Å². The van der Waals surface area contributed by atoms with Gasteiger partial charge in [0.25, 0.3) is 0 Å². The van der Waals surface area contributed by atoms with E-state index in [4.69, 9.17) is 5.26 Å². The lowest BCUT2D eigenvalue weighted by Gasteiger charge is -2.33. The van der Waals surface area contributed by atoms with Crippen LogP contribution in [0, 0.1) is 11.3 Å². The molecule has 6 nitrogen and oxygen atoms in total. The van der Waals surface area contributed by atoms with Crippen LogP contribution in [0.5, 0.6) is 0 Å². The van der Waals surface area contributed by atoms with E-state index >= 15 is 0 Å². The molecule has 1 aliphatic rings. The van der Waals surface area contributed by atoms with E-state index in [1.165, 1.54) is 12.5 Å². The second-order valence-corrected chi connectivity index (χ2v) is 6.47. The van der Waals surface area contributed by atoms with Crippen molar-refractivity contribution >= 4 is 15.8 Å². The van der Waals surface area contributed by atoms with Crippen LogP contribution in [0.1, 0.15) is 18.4 Å². The number of nitrogens with zero attached hydrogens (tertiary/aromatic N) is 3. The number of anilines is 1. The van der Waals surface area contributed by atoms with E-state index in [-0.39, 0.29) is 6.04 Å². The summed E-state index contributed by atoms with van der Waals surface area (Å²) >= 11 is 0. The molecule has 7 heteroatoms. The highest BCUT2D eigenvalue weighted by Gasteiger charge is 2.23. The molecule has 0 aromatic carbocycles. The maximum Gasteiger partial charge on any atom is 0.209 e. The second-order valence-electron chi connectivity index (χ2n) is 4.69. The lowest BCUT2D eigenvalue weighted by Crippen LogP contribution is -2.47. The van der Waals surface area contributed by atoms with Gasteiger partial charge in [0.15, 0.2) is 0 Å². The molecule has 1 aliphatic heterocycles. The second kappa shape index (κ2) is 5.55. The third-order valence-electron chi connectivity index (χ3n) is 3.00. The van der Waals surface area contributed by atoms with Crippen molar-refractivity contribution in [3.8, 4) is 6.07 Å². The topological polar surface area (TPSA) is 86.1 Å². The highest BCUT2D eigenvalue weighted by Crippen LogP contribution is 2.18. The monoisotopic (exact) mass is 280 g/mol. The van der Waals surface area contributed by atoms with Crippen LogP contribution in [0.25, 0.3) is 0 Å². The normalized spacial score (nSPS) is 20.0. The zero-order chi connectivity index (χ0) is 13.9. The molecule has 1 fully saturated rings. The first-order valence-electron chi connectivity index (χ1n) is 6.06. The van der Waals surface area contributed by atoms with Gasteiger partial charge >= 0.3 is 0 Å². The molecule has 1 atom stereocenters. The Kier molecular flexibility index (Phi) is 4.02. The molecule has 1 N–H and O–H groups in total. The highest BCUT2D eigenvalue weighted by molar-refractivity contribution is 7.88. The maximum absolute atomic E-state index is 11.2. The molecule has 1 aromatic rings. The maximum atomic E-state index is 11.2. The molecule has 0 spiro atoms. The van der Waals surface area contributed by atoms with Crippen molar-refractivity contribution in [1.29, 1.82) is 5.26 Å². The minimum atomic E-state index is -3.18. The minimum Gasteiger partial charge on any atom is -0.355 e. The van der Waals surface area contributed by atoms with Crippen molar-refractivity contribution in [3.05, 3.63) is 23.9 Å². The fourth-order valence-electron chi connectivity index (χ4n) is 2.22. The molecule has 0 amide bonds. The molecule has 0 saturated carbocycles. The van der Waals surface area contributed by atoms with E-state index in [0.29, 0.717) is 12.1 Å². The Bertz CT molecular complexity index is 577. The molecular weight excluding hydrogens is 264 g/mol. The van der Waals surface area contributed by atoms with Crippen molar-refractivity contribution in [2.45, 2.75) is 18.9 Å². The van der Waals surface area contributed by atoms with Gasteiger partial charge in [0.1, 0.15) is 11.9 Å². The number of piperidine rings is 1. The first-order chi connectivity index (χ1) is 8.98. The summed E-state index contributed by atoms with van der Waals surface area (Å²) in [5.41, 5.74) is 0.520.